The van der Waals surface area contributed by atoms with E-state index >= 15 is 0 Å². The van der Waals surface area contributed by atoms with Crippen molar-refractivity contribution in [1.29, 1.82) is 5.26 Å². The zero-order valence-corrected chi connectivity index (χ0v) is 8.90. The summed E-state index contributed by atoms with van der Waals surface area (Å²) in [4.78, 5) is 11.7. The van der Waals surface area contributed by atoms with E-state index in [0.717, 1.165) is 0 Å². The van der Waals surface area contributed by atoms with Crippen LogP contribution in [0.25, 0.3) is 0 Å². The summed E-state index contributed by atoms with van der Waals surface area (Å²) in [6.45, 7) is 3.80. The van der Waals surface area contributed by atoms with Crippen LogP contribution in [0.5, 0.6) is 0 Å². The Morgan fingerprint density at radius 2 is 1.93 bits per heavy atom. The lowest BCUT2D eigenvalue weighted by atomic mass is 10.1. The molecule has 0 heterocycles. The fourth-order valence-electron chi connectivity index (χ4n) is 1.16. The van der Waals surface area contributed by atoms with E-state index in [1.165, 1.54) is 0 Å². The van der Waals surface area contributed by atoms with Crippen molar-refractivity contribution in [3.8, 4) is 6.07 Å². The van der Waals surface area contributed by atoms with E-state index in [1.54, 1.807) is 24.3 Å². The molecule has 1 aromatic rings. The molecule has 1 atom stereocenters. The lowest BCUT2D eigenvalue weighted by Crippen LogP contribution is -2.37. The molecule has 3 heteroatoms. The molecule has 0 spiro atoms. The van der Waals surface area contributed by atoms with Gasteiger partial charge in [-0.15, -0.1) is 0 Å². The first-order valence-corrected chi connectivity index (χ1v) is 4.90. The fourth-order valence-corrected chi connectivity index (χ4v) is 1.16. The summed E-state index contributed by atoms with van der Waals surface area (Å²) in [5.41, 5.74) is 0.582. The van der Waals surface area contributed by atoms with Crippen LogP contribution in [0.15, 0.2) is 30.3 Å². The molecule has 1 amide bonds. The standard InChI is InChI=1S/C12H14N2O/c1-9(2)11(8-13)14-12(15)10-6-4-3-5-7-10/h3-7,9,11H,1-2H3,(H,14,15)/t11-/m1/s1. The van der Waals surface area contributed by atoms with Crippen molar-refractivity contribution in [3.63, 3.8) is 0 Å². The van der Waals surface area contributed by atoms with Crippen LogP contribution in [0, 0.1) is 17.2 Å². The van der Waals surface area contributed by atoms with Crippen LogP contribution in [0.2, 0.25) is 0 Å². The third-order valence-corrected chi connectivity index (χ3v) is 2.13. The Morgan fingerprint density at radius 1 is 1.33 bits per heavy atom. The lowest BCUT2D eigenvalue weighted by molar-refractivity contribution is 0.0937. The summed E-state index contributed by atoms with van der Waals surface area (Å²) in [5, 5.41) is 11.5. The third-order valence-electron chi connectivity index (χ3n) is 2.13. The maximum atomic E-state index is 11.7. The normalized spacial score (nSPS) is 11.9. The monoisotopic (exact) mass is 202 g/mol. The van der Waals surface area contributed by atoms with E-state index < -0.39 is 6.04 Å². The van der Waals surface area contributed by atoms with Gasteiger partial charge in [0.1, 0.15) is 6.04 Å². The van der Waals surface area contributed by atoms with Crippen molar-refractivity contribution in [3.05, 3.63) is 35.9 Å². The quantitative estimate of drug-likeness (QED) is 0.814. The molecule has 0 bridgehead atoms. The van der Waals surface area contributed by atoms with Gasteiger partial charge in [0.15, 0.2) is 0 Å². The van der Waals surface area contributed by atoms with Gasteiger partial charge in [0.05, 0.1) is 6.07 Å². The van der Waals surface area contributed by atoms with Gasteiger partial charge >= 0.3 is 0 Å². The maximum absolute atomic E-state index is 11.7. The zero-order valence-electron chi connectivity index (χ0n) is 8.90. The van der Waals surface area contributed by atoms with Gasteiger partial charge in [-0.1, -0.05) is 32.0 Å². The lowest BCUT2D eigenvalue weighted by Gasteiger charge is -2.14. The molecule has 0 radical (unpaired) electrons. The Morgan fingerprint density at radius 3 is 2.40 bits per heavy atom. The minimum Gasteiger partial charge on any atom is -0.336 e. The summed E-state index contributed by atoms with van der Waals surface area (Å²) >= 11 is 0. The number of hydrogen-bond acceptors (Lipinski definition) is 2. The second kappa shape index (κ2) is 5.16. The van der Waals surface area contributed by atoms with Crippen LogP contribution in [0.3, 0.4) is 0 Å². The highest BCUT2D eigenvalue weighted by Crippen LogP contribution is 2.03. The van der Waals surface area contributed by atoms with Crippen molar-refractivity contribution in [1.82, 2.24) is 5.32 Å². The summed E-state index contributed by atoms with van der Waals surface area (Å²) in [6, 6.07) is 10.5. The minimum absolute atomic E-state index is 0.114. The fraction of sp³-hybridized carbons (Fsp3) is 0.333. The van der Waals surface area contributed by atoms with Gasteiger partial charge in [-0.3, -0.25) is 4.79 Å². The zero-order chi connectivity index (χ0) is 11.3. The predicted molar refractivity (Wildman–Crippen MR) is 58.1 cm³/mol. The van der Waals surface area contributed by atoms with Crippen LogP contribution in [0.1, 0.15) is 24.2 Å². The van der Waals surface area contributed by atoms with E-state index in [0.29, 0.717) is 5.56 Å². The van der Waals surface area contributed by atoms with E-state index in [9.17, 15) is 4.79 Å². The second-order valence-corrected chi connectivity index (χ2v) is 3.69. The molecule has 15 heavy (non-hydrogen) atoms. The first-order valence-electron chi connectivity index (χ1n) is 4.90. The Kier molecular flexibility index (Phi) is 3.87. The summed E-state index contributed by atoms with van der Waals surface area (Å²) in [6.07, 6.45) is 0. The number of carbonyl (C=O) groups excluding carboxylic acids is 1. The highest BCUT2D eigenvalue weighted by molar-refractivity contribution is 5.94. The van der Waals surface area contributed by atoms with Gasteiger partial charge < -0.3 is 5.32 Å². The summed E-state index contributed by atoms with van der Waals surface area (Å²) < 4.78 is 0. The molecule has 0 aliphatic rings. The topological polar surface area (TPSA) is 52.9 Å². The molecule has 1 aromatic carbocycles. The van der Waals surface area contributed by atoms with Gasteiger partial charge in [-0.05, 0) is 18.1 Å². The Labute approximate surface area is 89.7 Å². The van der Waals surface area contributed by atoms with E-state index in [4.69, 9.17) is 5.26 Å². The third kappa shape index (κ3) is 3.10. The molecule has 3 nitrogen and oxygen atoms in total. The first-order chi connectivity index (χ1) is 7.15. The van der Waals surface area contributed by atoms with Gasteiger partial charge in [-0.2, -0.15) is 5.26 Å². The summed E-state index contributed by atoms with van der Waals surface area (Å²) in [7, 11) is 0. The molecule has 0 aliphatic carbocycles. The molecular weight excluding hydrogens is 188 g/mol. The smallest absolute Gasteiger partial charge is 0.252 e. The molecule has 0 aliphatic heterocycles. The summed E-state index contributed by atoms with van der Waals surface area (Å²) in [5.74, 6) is -0.0847. The van der Waals surface area contributed by atoms with E-state index in [-0.39, 0.29) is 11.8 Å². The molecule has 0 saturated carbocycles. The molecule has 0 saturated heterocycles. The molecular formula is C12H14N2O. The number of nitrogens with one attached hydrogen (secondary N) is 1. The van der Waals surface area contributed by atoms with Gasteiger partial charge in [0.2, 0.25) is 0 Å². The Balaban J connectivity index is 2.68. The molecule has 78 valence electrons. The van der Waals surface area contributed by atoms with Crippen LogP contribution in [0.4, 0.5) is 0 Å². The Hall–Kier alpha value is -1.82. The predicted octanol–water partition coefficient (Wildman–Crippen LogP) is 1.96. The second-order valence-electron chi connectivity index (χ2n) is 3.69. The van der Waals surface area contributed by atoms with Crippen molar-refractivity contribution in [2.24, 2.45) is 5.92 Å². The molecule has 1 rings (SSSR count). The highest BCUT2D eigenvalue weighted by atomic mass is 16.1. The molecule has 0 fully saturated rings. The van der Waals surface area contributed by atoms with Crippen LogP contribution in [-0.4, -0.2) is 11.9 Å². The van der Waals surface area contributed by atoms with Crippen LogP contribution < -0.4 is 5.32 Å². The van der Waals surface area contributed by atoms with Gasteiger partial charge in [0.25, 0.3) is 5.91 Å². The van der Waals surface area contributed by atoms with Crippen molar-refractivity contribution in [2.45, 2.75) is 19.9 Å². The van der Waals surface area contributed by atoms with E-state index in [2.05, 4.69) is 11.4 Å². The van der Waals surface area contributed by atoms with E-state index in [1.807, 2.05) is 19.9 Å². The number of rotatable bonds is 3. The number of amides is 1. The van der Waals surface area contributed by atoms with Crippen molar-refractivity contribution < 1.29 is 4.79 Å². The SMILES string of the molecule is CC(C)[C@@H](C#N)NC(=O)c1ccccc1. The number of carbonyl (C=O) groups is 1. The van der Waals surface area contributed by atoms with Gasteiger partial charge in [0, 0.05) is 5.56 Å². The molecule has 0 unspecified atom stereocenters. The highest BCUT2D eigenvalue weighted by Gasteiger charge is 2.15. The molecule has 1 N–H and O–H groups in total. The average Bonchev–Trinajstić information content (AvgIpc) is 2.26. The van der Waals surface area contributed by atoms with Crippen LogP contribution >= 0.6 is 0 Å². The first kappa shape index (κ1) is 11.3. The number of benzene rings is 1. The number of hydrogen-bond donors (Lipinski definition) is 1. The van der Waals surface area contributed by atoms with Gasteiger partial charge in [-0.25, -0.2) is 0 Å². The average molecular weight is 202 g/mol. The largest absolute Gasteiger partial charge is 0.336 e. The van der Waals surface area contributed by atoms with Crippen molar-refractivity contribution in [2.75, 3.05) is 0 Å². The van der Waals surface area contributed by atoms with Crippen LogP contribution in [-0.2, 0) is 0 Å². The number of nitrogens with zero attached hydrogens (tertiary/aromatic N) is 1. The van der Waals surface area contributed by atoms with Crippen molar-refractivity contribution >= 4 is 5.91 Å². The Bertz CT molecular complexity index is 365. The number of nitriles is 1. The maximum Gasteiger partial charge on any atom is 0.252 e. The molecule has 0 aromatic heterocycles. The minimum atomic E-state index is -0.433.